The van der Waals surface area contributed by atoms with Crippen molar-refractivity contribution in [3.63, 3.8) is 0 Å². The molecule has 1 N–H and O–H groups in total. The summed E-state index contributed by atoms with van der Waals surface area (Å²) < 4.78 is 5.52. The first kappa shape index (κ1) is 14.6. The zero-order chi connectivity index (χ0) is 15.4. The molecule has 21 heavy (non-hydrogen) atoms. The van der Waals surface area contributed by atoms with E-state index in [1.165, 1.54) is 0 Å². The highest BCUT2D eigenvalue weighted by Crippen LogP contribution is 2.62. The molecule has 1 saturated carbocycles. The number of carbonyl (C=O) groups excluding carboxylic acids is 1. The van der Waals surface area contributed by atoms with Crippen LogP contribution in [-0.4, -0.2) is 18.0 Å². The SMILES string of the molecule is COc1cc(C)cc2c1CC[C@@]1(C)CC[C@H](C(C)=O)[C@@]21O. The standard InChI is InChI=1S/C18H24O3/c1-11-9-15-13(16(10-11)21-4)5-7-17(3)8-6-14(12(2)19)18(15,17)20/h9-10,14,20H,5-8H2,1-4H3/t14-,17+,18-/m1/s1. The van der Waals surface area contributed by atoms with Crippen molar-refractivity contribution in [2.24, 2.45) is 11.3 Å². The van der Waals surface area contributed by atoms with Crippen LogP contribution < -0.4 is 4.74 Å². The molecule has 2 aliphatic carbocycles. The summed E-state index contributed by atoms with van der Waals surface area (Å²) in [5, 5.41) is 11.6. The summed E-state index contributed by atoms with van der Waals surface area (Å²) in [5.74, 6) is 0.636. The van der Waals surface area contributed by atoms with Crippen molar-refractivity contribution in [3.05, 3.63) is 28.8 Å². The van der Waals surface area contributed by atoms with Crippen molar-refractivity contribution in [1.82, 2.24) is 0 Å². The molecule has 2 aliphatic rings. The van der Waals surface area contributed by atoms with Gasteiger partial charge in [-0.05, 0) is 56.7 Å². The lowest BCUT2D eigenvalue weighted by Crippen LogP contribution is -2.49. The predicted molar refractivity (Wildman–Crippen MR) is 81.5 cm³/mol. The van der Waals surface area contributed by atoms with Crippen LogP contribution in [0.2, 0.25) is 0 Å². The molecule has 0 aromatic heterocycles. The van der Waals surface area contributed by atoms with E-state index in [4.69, 9.17) is 4.74 Å². The third-order valence-electron chi connectivity index (χ3n) is 5.81. The summed E-state index contributed by atoms with van der Waals surface area (Å²) in [6.45, 7) is 5.75. The normalized spacial score (nSPS) is 34.2. The Balaban J connectivity index is 2.27. The molecule has 0 saturated heterocycles. The average molecular weight is 288 g/mol. The second-order valence-corrected chi connectivity index (χ2v) is 7.02. The molecule has 1 aromatic rings. The molecular formula is C18H24O3. The topological polar surface area (TPSA) is 46.5 Å². The van der Waals surface area contributed by atoms with Crippen LogP contribution in [0.15, 0.2) is 12.1 Å². The number of hydrogen-bond donors (Lipinski definition) is 1. The molecule has 3 rings (SSSR count). The molecule has 0 heterocycles. The van der Waals surface area contributed by atoms with Gasteiger partial charge >= 0.3 is 0 Å². The third kappa shape index (κ3) is 1.80. The van der Waals surface area contributed by atoms with Gasteiger partial charge in [-0.15, -0.1) is 0 Å². The lowest BCUT2D eigenvalue weighted by Gasteiger charge is -2.47. The maximum Gasteiger partial charge on any atom is 0.136 e. The number of aryl methyl sites for hydroxylation is 1. The zero-order valence-corrected chi connectivity index (χ0v) is 13.3. The van der Waals surface area contributed by atoms with Gasteiger partial charge in [-0.25, -0.2) is 0 Å². The summed E-state index contributed by atoms with van der Waals surface area (Å²) in [5.41, 5.74) is 1.81. The van der Waals surface area contributed by atoms with E-state index in [1.54, 1.807) is 14.0 Å². The summed E-state index contributed by atoms with van der Waals surface area (Å²) >= 11 is 0. The first-order valence-corrected chi connectivity index (χ1v) is 7.74. The quantitative estimate of drug-likeness (QED) is 0.909. The van der Waals surface area contributed by atoms with Crippen molar-refractivity contribution in [2.75, 3.05) is 7.11 Å². The van der Waals surface area contributed by atoms with Gasteiger partial charge in [0.15, 0.2) is 0 Å². The Morgan fingerprint density at radius 3 is 2.71 bits per heavy atom. The molecule has 114 valence electrons. The summed E-state index contributed by atoms with van der Waals surface area (Å²) in [4.78, 5) is 12.1. The molecule has 1 aromatic carbocycles. The average Bonchev–Trinajstić information content (AvgIpc) is 2.71. The fraction of sp³-hybridized carbons (Fsp3) is 0.611. The number of aliphatic hydroxyl groups is 1. The number of Topliss-reactive ketones (excluding diaryl/α,β-unsaturated/α-hetero) is 1. The first-order chi connectivity index (χ1) is 9.83. The second-order valence-electron chi connectivity index (χ2n) is 7.02. The minimum Gasteiger partial charge on any atom is -0.496 e. The van der Waals surface area contributed by atoms with Gasteiger partial charge < -0.3 is 9.84 Å². The smallest absolute Gasteiger partial charge is 0.136 e. The van der Waals surface area contributed by atoms with Crippen LogP contribution in [0, 0.1) is 18.3 Å². The molecule has 0 amide bonds. The van der Waals surface area contributed by atoms with Crippen LogP contribution in [0.5, 0.6) is 5.75 Å². The van der Waals surface area contributed by atoms with E-state index in [0.717, 1.165) is 48.1 Å². The lowest BCUT2D eigenvalue weighted by atomic mass is 9.60. The Labute approximate surface area is 126 Å². The van der Waals surface area contributed by atoms with Crippen LogP contribution in [0.25, 0.3) is 0 Å². The minimum atomic E-state index is -1.05. The second kappa shape index (κ2) is 4.57. The van der Waals surface area contributed by atoms with E-state index in [0.29, 0.717) is 0 Å². The fourth-order valence-electron chi connectivity index (χ4n) is 4.57. The third-order valence-corrected chi connectivity index (χ3v) is 5.81. The molecule has 3 heteroatoms. The van der Waals surface area contributed by atoms with Crippen LogP contribution in [-0.2, 0) is 16.8 Å². The molecule has 0 spiro atoms. The number of methoxy groups -OCH3 is 1. The summed E-state index contributed by atoms with van der Waals surface area (Å²) in [6.07, 6.45) is 3.49. The van der Waals surface area contributed by atoms with Crippen molar-refractivity contribution in [2.45, 2.75) is 52.1 Å². The van der Waals surface area contributed by atoms with Gasteiger partial charge in [-0.1, -0.05) is 13.0 Å². The van der Waals surface area contributed by atoms with E-state index in [1.807, 2.05) is 13.0 Å². The van der Waals surface area contributed by atoms with Gasteiger partial charge in [0.05, 0.1) is 13.0 Å². The molecule has 3 nitrogen and oxygen atoms in total. The number of fused-ring (bicyclic) bond motifs is 3. The Kier molecular flexibility index (Phi) is 3.17. The highest BCUT2D eigenvalue weighted by molar-refractivity contribution is 5.81. The molecule has 0 bridgehead atoms. The highest BCUT2D eigenvalue weighted by atomic mass is 16.5. The van der Waals surface area contributed by atoms with E-state index in [-0.39, 0.29) is 17.1 Å². The maximum atomic E-state index is 12.1. The summed E-state index contributed by atoms with van der Waals surface area (Å²) in [6, 6.07) is 4.07. The van der Waals surface area contributed by atoms with E-state index in [2.05, 4.69) is 13.0 Å². The zero-order valence-electron chi connectivity index (χ0n) is 13.3. The van der Waals surface area contributed by atoms with Crippen molar-refractivity contribution in [3.8, 4) is 5.75 Å². The van der Waals surface area contributed by atoms with E-state index < -0.39 is 5.60 Å². The monoisotopic (exact) mass is 288 g/mol. The Morgan fingerprint density at radius 1 is 1.38 bits per heavy atom. The number of ether oxygens (including phenoxy) is 1. The van der Waals surface area contributed by atoms with Crippen molar-refractivity contribution < 1.29 is 14.6 Å². The van der Waals surface area contributed by atoms with Gasteiger partial charge in [0.25, 0.3) is 0 Å². The van der Waals surface area contributed by atoms with E-state index in [9.17, 15) is 9.90 Å². The van der Waals surface area contributed by atoms with E-state index >= 15 is 0 Å². The number of ketones is 1. The highest BCUT2D eigenvalue weighted by Gasteiger charge is 2.61. The maximum absolute atomic E-state index is 12.1. The van der Waals surface area contributed by atoms with Gasteiger partial charge in [0.1, 0.15) is 17.1 Å². The van der Waals surface area contributed by atoms with Gasteiger partial charge in [-0.2, -0.15) is 0 Å². The summed E-state index contributed by atoms with van der Waals surface area (Å²) in [7, 11) is 1.67. The molecule has 0 aliphatic heterocycles. The lowest BCUT2D eigenvalue weighted by molar-refractivity contribution is -0.141. The van der Waals surface area contributed by atoms with Crippen molar-refractivity contribution in [1.29, 1.82) is 0 Å². The Morgan fingerprint density at radius 2 is 2.10 bits per heavy atom. The minimum absolute atomic E-state index is 0.0922. The predicted octanol–water partition coefficient (Wildman–Crippen LogP) is 3.14. The van der Waals surface area contributed by atoms with Crippen LogP contribution in [0.4, 0.5) is 0 Å². The van der Waals surface area contributed by atoms with Crippen LogP contribution in [0.3, 0.4) is 0 Å². The van der Waals surface area contributed by atoms with Gasteiger partial charge in [-0.3, -0.25) is 4.79 Å². The molecule has 0 radical (unpaired) electrons. The number of rotatable bonds is 2. The van der Waals surface area contributed by atoms with Crippen LogP contribution >= 0.6 is 0 Å². The van der Waals surface area contributed by atoms with Crippen LogP contribution in [0.1, 0.15) is 49.8 Å². The fourth-order valence-corrected chi connectivity index (χ4v) is 4.57. The number of hydrogen-bond acceptors (Lipinski definition) is 3. The molecule has 0 unspecified atom stereocenters. The molecule has 3 atom stereocenters. The Hall–Kier alpha value is -1.35. The largest absolute Gasteiger partial charge is 0.496 e. The Bertz CT molecular complexity index is 607. The van der Waals surface area contributed by atoms with Crippen molar-refractivity contribution >= 4 is 5.78 Å². The first-order valence-electron chi connectivity index (χ1n) is 7.74. The number of benzene rings is 1. The van der Waals surface area contributed by atoms with Gasteiger partial charge in [0, 0.05) is 11.0 Å². The van der Waals surface area contributed by atoms with Gasteiger partial charge in [0.2, 0.25) is 0 Å². The number of carbonyl (C=O) groups is 1. The molecular weight excluding hydrogens is 264 g/mol. The molecule has 1 fully saturated rings.